The number of hydrogen-bond donors (Lipinski definition) is 0. The second kappa shape index (κ2) is 15.6. The Morgan fingerprint density at radius 2 is 0.864 bits per heavy atom. The molecule has 1 atom stereocenters. The third-order valence-electron chi connectivity index (χ3n) is 4.53. The van der Waals surface area contributed by atoms with E-state index < -0.39 is 6.00 Å². The molecule has 22 heavy (non-hydrogen) atoms. The van der Waals surface area contributed by atoms with E-state index in [2.05, 4.69) is 13.8 Å². The van der Waals surface area contributed by atoms with Gasteiger partial charge in [0.05, 0.1) is 0 Å². The van der Waals surface area contributed by atoms with E-state index in [1.165, 1.54) is 83.5 Å². The van der Waals surface area contributed by atoms with Gasteiger partial charge in [-0.25, -0.2) is 0 Å². The Morgan fingerprint density at radius 1 is 0.545 bits per heavy atom. The number of halogens is 3. The van der Waals surface area contributed by atoms with Gasteiger partial charge in [0.1, 0.15) is 0 Å². The summed E-state index contributed by atoms with van der Waals surface area (Å²) in [7, 11) is 0. The second-order valence-corrected chi connectivity index (χ2v) is 15.7. The Bertz CT molecular complexity index is 229. The van der Waals surface area contributed by atoms with E-state index in [1.54, 1.807) is 0 Å². The molecule has 0 aromatic carbocycles. The number of hydrogen-bond acceptors (Lipinski definition) is 0. The van der Waals surface area contributed by atoms with Crippen LogP contribution in [0.15, 0.2) is 0 Å². The minimum absolute atomic E-state index is 0.374. The fourth-order valence-corrected chi connectivity index (χ4v) is 6.02. The van der Waals surface area contributed by atoms with Crippen molar-refractivity contribution in [2.45, 2.75) is 116 Å². The van der Waals surface area contributed by atoms with E-state index in [-0.39, 0.29) is 0 Å². The Balaban J connectivity index is 3.68. The van der Waals surface area contributed by atoms with Gasteiger partial charge in [-0.1, -0.05) is 97.3 Å². The second-order valence-electron chi connectivity index (χ2n) is 6.70. The van der Waals surface area contributed by atoms with Crippen LogP contribution in [0.5, 0.6) is 0 Å². The Morgan fingerprint density at radius 3 is 1.18 bits per heavy atom. The summed E-state index contributed by atoms with van der Waals surface area (Å²) in [5, 5.41) is 0. The standard InChI is InChI=1S/C18H37Cl3Si/c1-3-5-7-9-10-11-13-15-17-18(22(19,20)21)16-14-12-8-6-4-2/h18H,3-17H2,1-2H3. The Labute approximate surface area is 154 Å². The van der Waals surface area contributed by atoms with Crippen LogP contribution in [0.1, 0.15) is 110 Å². The van der Waals surface area contributed by atoms with Crippen molar-refractivity contribution in [2.24, 2.45) is 0 Å². The molecule has 0 rings (SSSR count). The van der Waals surface area contributed by atoms with Gasteiger partial charge in [0.15, 0.2) is 0 Å². The molecule has 0 N–H and O–H groups in total. The van der Waals surface area contributed by atoms with Crippen molar-refractivity contribution >= 4 is 39.2 Å². The van der Waals surface area contributed by atoms with Gasteiger partial charge in [-0.3, -0.25) is 0 Å². The van der Waals surface area contributed by atoms with Gasteiger partial charge in [0, 0.05) is 0 Å². The van der Waals surface area contributed by atoms with Crippen molar-refractivity contribution in [3.05, 3.63) is 0 Å². The van der Waals surface area contributed by atoms with Gasteiger partial charge in [-0.15, -0.1) is 33.2 Å². The zero-order valence-electron chi connectivity index (χ0n) is 14.8. The largest absolute Gasteiger partial charge is 0.344 e. The summed E-state index contributed by atoms with van der Waals surface area (Å²) < 4.78 is 0. The molecule has 0 nitrogen and oxygen atoms in total. The third-order valence-corrected chi connectivity index (χ3v) is 8.81. The van der Waals surface area contributed by atoms with Crippen molar-refractivity contribution in [3.8, 4) is 0 Å². The predicted molar refractivity (Wildman–Crippen MR) is 108 cm³/mol. The average molecular weight is 388 g/mol. The zero-order chi connectivity index (χ0) is 16.7. The fourth-order valence-electron chi connectivity index (χ4n) is 2.99. The molecule has 0 aromatic heterocycles. The molecule has 0 amide bonds. The van der Waals surface area contributed by atoms with E-state index in [4.69, 9.17) is 33.2 Å². The van der Waals surface area contributed by atoms with Crippen LogP contribution in [0.2, 0.25) is 5.54 Å². The molecule has 0 saturated carbocycles. The van der Waals surface area contributed by atoms with Gasteiger partial charge >= 0.3 is 6.00 Å². The molecule has 1 unspecified atom stereocenters. The van der Waals surface area contributed by atoms with Crippen molar-refractivity contribution in [3.63, 3.8) is 0 Å². The van der Waals surface area contributed by atoms with Crippen LogP contribution in [0.25, 0.3) is 0 Å². The highest BCUT2D eigenvalue weighted by Crippen LogP contribution is 2.41. The van der Waals surface area contributed by atoms with Crippen molar-refractivity contribution in [2.75, 3.05) is 0 Å². The summed E-state index contributed by atoms with van der Waals surface area (Å²) in [6.07, 6.45) is 19.6. The molecule has 0 fully saturated rings. The van der Waals surface area contributed by atoms with Crippen LogP contribution in [0, 0.1) is 0 Å². The first-order chi connectivity index (χ1) is 10.5. The third kappa shape index (κ3) is 14.7. The quantitative estimate of drug-likeness (QED) is 0.141. The maximum absolute atomic E-state index is 6.31. The summed E-state index contributed by atoms with van der Waals surface area (Å²) in [4.78, 5) is 0. The first kappa shape index (κ1) is 23.1. The topological polar surface area (TPSA) is 0 Å². The molecule has 0 heterocycles. The molecule has 0 aliphatic rings. The highest BCUT2D eigenvalue weighted by atomic mass is 35.8. The lowest BCUT2D eigenvalue weighted by Gasteiger charge is -2.22. The van der Waals surface area contributed by atoms with Crippen LogP contribution in [0.3, 0.4) is 0 Å². The first-order valence-electron chi connectivity index (χ1n) is 9.59. The molecule has 0 aliphatic heterocycles. The minimum Gasteiger partial charge on any atom is -0.126 e. The van der Waals surface area contributed by atoms with Crippen molar-refractivity contribution in [1.82, 2.24) is 0 Å². The molecule has 0 aromatic rings. The Kier molecular flexibility index (Phi) is 16.4. The number of rotatable bonds is 16. The molecule has 134 valence electrons. The van der Waals surface area contributed by atoms with Gasteiger partial charge in [0.2, 0.25) is 0 Å². The molecule has 0 spiro atoms. The van der Waals surface area contributed by atoms with E-state index in [9.17, 15) is 0 Å². The Hall–Kier alpha value is 1.09. The summed E-state index contributed by atoms with van der Waals surface area (Å²) in [5.41, 5.74) is 0.374. The highest BCUT2D eigenvalue weighted by molar-refractivity contribution is 7.65. The van der Waals surface area contributed by atoms with Crippen molar-refractivity contribution in [1.29, 1.82) is 0 Å². The lowest BCUT2D eigenvalue weighted by Crippen LogP contribution is -2.20. The monoisotopic (exact) mass is 386 g/mol. The summed E-state index contributed by atoms with van der Waals surface area (Å²) in [5.74, 6) is 0. The van der Waals surface area contributed by atoms with Crippen LogP contribution in [-0.4, -0.2) is 6.00 Å². The van der Waals surface area contributed by atoms with E-state index in [0.717, 1.165) is 12.8 Å². The SMILES string of the molecule is CCCCCCCCCCC(CCCCCCC)[Si](Cl)(Cl)Cl. The molecule has 0 radical (unpaired) electrons. The summed E-state index contributed by atoms with van der Waals surface area (Å²) in [6, 6.07) is -2.52. The van der Waals surface area contributed by atoms with Gasteiger partial charge in [-0.2, -0.15) is 0 Å². The molecular formula is C18H37Cl3Si. The van der Waals surface area contributed by atoms with Crippen LogP contribution < -0.4 is 0 Å². The van der Waals surface area contributed by atoms with Gasteiger partial charge < -0.3 is 0 Å². The van der Waals surface area contributed by atoms with Crippen molar-refractivity contribution < 1.29 is 0 Å². The average Bonchev–Trinajstić information content (AvgIpc) is 2.46. The smallest absolute Gasteiger partial charge is 0.126 e. The molecule has 4 heteroatoms. The minimum atomic E-state index is -2.52. The first-order valence-corrected chi connectivity index (χ1v) is 14.7. The maximum atomic E-state index is 6.31. The maximum Gasteiger partial charge on any atom is 0.344 e. The summed E-state index contributed by atoms with van der Waals surface area (Å²) >= 11 is 18.9. The predicted octanol–water partition coefficient (Wildman–Crippen LogP) is 8.90. The lowest BCUT2D eigenvalue weighted by molar-refractivity contribution is 0.529. The summed E-state index contributed by atoms with van der Waals surface area (Å²) in [6.45, 7) is 4.52. The molecule has 0 saturated heterocycles. The molecule has 0 bridgehead atoms. The van der Waals surface area contributed by atoms with Crippen LogP contribution >= 0.6 is 33.2 Å². The van der Waals surface area contributed by atoms with Crippen LogP contribution in [-0.2, 0) is 0 Å². The normalized spacial score (nSPS) is 13.5. The van der Waals surface area contributed by atoms with E-state index >= 15 is 0 Å². The van der Waals surface area contributed by atoms with Gasteiger partial charge in [-0.05, 0) is 18.4 Å². The zero-order valence-corrected chi connectivity index (χ0v) is 18.1. The number of unbranched alkanes of at least 4 members (excludes halogenated alkanes) is 11. The van der Waals surface area contributed by atoms with E-state index in [0.29, 0.717) is 5.54 Å². The lowest BCUT2D eigenvalue weighted by atomic mass is 10.0. The molecular weight excluding hydrogens is 351 g/mol. The van der Waals surface area contributed by atoms with Crippen LogP contribution in [0.4, 0.5) is 0 Å². The highest BCUT2D eigenvalue weighted by Gasteiger charge is 2.35. The fraction of sp³-hybridized carbons (Fsp3) is 1.00. The van der Waals surface area contributed by atoms with Gasteiger partial charge in [0.25, 0.3) is 0 Å². The molecule has 0 aliphatic carbocycles. The van der Waals surface area contributed by atoms with E-state index in [1.807, 2.05) is 0 Å².